The first kappa shape index (κ1) is 15.8. The van der Waals surface area contributed by atoms with Gasteiger partial charge in [0, 0.05) is 22.5 Å². The Balaban J connectivity index is 1.82. The van der Waals surface area contributed by atoms with Gasteiger partial charge in [-0.1, -0.05) is 11.6 Å². The number of aliphatic hydroxyl groups is 1. The number of carbonyl (C=O) groups is 2. The highest BCUT2D eigenvalue weighted by Crippen LogP contribution is 2.44. The number of nitrogens with one attached hydrogen (secondary N) is 2. The molecule has 0 saturated heterocycles. The van der Waals surface area contributed by atoms with Gasteiger partial charge in [0.1, 0.15) is 6.04 Å². The van der Waals surface area contributed by atoms with Crippen LogP contribution < -0.4 is 10.6 Å². The Hall–Kier alpha value is -1.59. The molecule has 0 spiro atoms. The van der Waals surface area contributed by atoms with Crippen molar-refractivity contribution >= 4 is 23.4 Å². The number of carbonyl (C=O) groups excluding carboxylic acids is 2. The third kappa shape index (κ3) is 4.19. The standard InChI is InChI=1S/C15H19ClN2O3/c1-10(13(20)17-8-15(9-19)6-7-15)18-14(21)11-2-4-12(16)5-3-11/h2-5,10,19H,6-9H2,1H3,(H,17,20)(H,18,21). The number of hydrogen-bond acceptors (Lipinski definition) is 3. The second-order valence-electron chi connectivity index (χ2n) is 5.58. The van der Waals surface area contributed by atoms with Gasteiger partial charge >= 0.3 is 0 Å². The van der Waals surface area contributed by atoms with Crippen LogP contribution in [0.2, 0.25) is 5.02 Å². The molecule has 2 rings (SSSR count). The maximum Gasteiger partial charge on any atom is 0.251 e. The predicted octanol–water partition coefficient (Wildman–Crippen LogP) is 1.35. The van der Waals surface area contributed by atoms with Crippen LogP contribution in [0.1, 0.15) is 30.1 Å². The zero-order valence-electron chi connectivity index (χ0n) is 11.9. The van der Waals surface area contributed by atoms with Crippen LogP contribution in [-0.4, -0.2) is 36.1 Å². The van der Waals surface area contributed by atoms with Crippen molar-refractivity contribution in [2.75, 3.05) is 13.2 Å². The lowest BCUT2D eigenvalue weighted by Gasteiger charge is -2.17. The van der Waals surface area contributed by atoms with Gasteiger partial charge in [0.2, 0.25) is 5.91 Å². The molecule has 1 aliphatic rings. The highest BCUT2D eigenvalue weighted by Gasteiger charge is 2.42. The molecule has 0 aliphatic heterocycles. The van der Waals surface area contributed by atoms with Gasteiger partial charge in [-0.2, -0.15) is 0 Å². The van der Waals surface area contributed by atoms with Crippen molar-refractivity contribution in [3.05, 3.63) is 34.9 Å². The molecule has 0 heterocycles. The topological polar surface area (TPSA) is 78.4 Å². The molecule has 2 amide bonds. The van der Waals surface area contributed by atoms with Crippen molar-refractivity contribution < 1.29 is 14.7 Å². The summed E-state index contributed by atoms with van der Waals surface area (Å²) in [6.45, 7) is 2.16. The Kier molecular flexibility index (Phi) is 4.85. The van der Waals surface area contributed by atoms with E-state index in [2.05, 4.69) is 10.6 Å². The van der Waals surface area contributed by atoms with E-state index in [1.54, 1.807) is 31.2 Å². The Bertz CT molecular complexity index is 526. The summed E-state index contributed by atoms with van der Waals surface area (Å²) < 4.78 is 0. The second kappa shape index (κ2) is 6.45. The molecular formula is C15H19ClN2O3. The second-order valence-corrected chi connectivity index (χ2v) is 6.01. The van der Waals surface area contributed by atoms with E-state index in [1.807, 2.05) is 0 Å². The van der Waals surface area contributed by atoms with Crippen LogP contribution in [-0.2, 0) is 4.79 Å². The molecule has 1 saturated carbocycles. The molecule has 1 fully saturated rings. The van der Waals surface area contributed by atoms with Crippen molar-refractivity contribution in [2.24, 2.45) is 5.41 Å². The average molecular weight is 311 g/mol. The highest BCUT2D eigenvalue weighted by atomic mass is 35.5. The number of hydrogen-bond donors (Lipinski definition) is 3. The average Bonchev–Trinajstić information content (AvgIpc) is 3.26. The van der Waals surface area contributed by atoms with Gasteiger partial charge in [0.25, 0.3) is 5.91 Å². The first-order valence-electron chi connectivity index (χ1n) is 6.91. The smallest absolute Gasteiger partial charge is 0.251 e. The quantitative estimate of drug-likeness (QED) is 0.742. The van der Waals surface area contributed by atoms with E-state index in [0.717, 1.165) is 12.8 Å². The van der Waals surface area contributed by atoms with Gasteiger partial charge < -0.3 is 15.7 Å². The molecule has 0 radical (unpaired) electrons. The van der Waals surface area contributed by atoms with E-state index < -0.39 is 6.04 Å². The molecule has 3 N–H and O–H groups in total. The van der Waals surface area contributed by atoms with E-state index >= 15 is 0 Å². The van der Waals surface area contributed by atoms with Crippen LogP contribution in [0.4, 0.5) is 0 Å². The molecular weight excluding hydrogens is 292 g/mol. The lowest BCUT2D eigenvalue weighted by Crippen LogP contribution is -2.46. The summed E-state index contributed by atoms with van der Waals surface area (Å²) in [5, 5.41) is 15.1. The Morgan fingerprint density at radius 1 is 1.33 bits per heavy atom. The normalized spacial score (nSPS) is 16.9. The summed E-state index contributed by atoms with van der Waals surface area (Å²) in [7, 11) is 0. The van der Waals surface area contributed by atoms with Gasteiger partial charge in [-0.15, -0.1) is 0 Å². The van der Waals surface area contributed by atoms with Gasteiger partial charge in [0.05, 0.1) is 6.61 Å². The van der Waals surface area contributed by atoms with Crippen LogP contribution in [0, 0.1) is 5.41 Å². The van der Waals surface area contributed by atoms with E-state index in [0.29, 0.717) is 17.1 Å². The van der Waals surface area contributed by atoms with Crippen LogP contribution >= 0.6 is 11.6 Å². The van der Waals surface area contributed by atoms with Crippen LogP contribution in [0.15, 0.2) is 24.3 Å². The molecule has 5 nitrogen and oxygen atoms in total. The monoisotopic (exact) mass is 310 g/mol. The number of aliphatic hydroxyl groups excluding tert-OH is 1. The third-order valence-corrected chi connectivity index (χ3v) is 4.03. The van der Waals surface area contributed by atoms with E-state index in [9.17, 15) is 14.7 Å². The SMILES string of the molecule is CC(NC(=O)c1ccc(Cl)cc1)C(=O)NCC1(CO)CC1. The molecule has 1 aliphatic carbocycles. The molecule has 114 valence electrons. The first-order valence-corrected chi connectivity index (χ1v) is 7.29. The van der Waals surface area contributed by atoms with Crippen LogP contribution in [0.3, 0.4) is 0 Å². The number of amides is 2. The van der Waals surface area contributed by atoms with Crippen molar-refractivity contribution in [2.45, 2.75) is 25.8 Å². The predicted molar refractivity (Wildman–Crippen MR) is 80.1 cm³/mol. The maximum absolute atomic E-state index is 12.0. The minimum absolute atomic E-state index is 0.0821. The Morgan fingerprint density at radius 3 is 2.48 bits per heavy atom. The zero-order valence-corrected chi connectivity index (χ0v) is 12.6. The lowest BCUT2D eigenvalue weighted by atomic mass is 10.1. The fourth-order valence-corrected chi connectivity index (χ4v) is 2.07. The van der Waals surface area contributed by atoms with Crippen molar-refractivity contribution in [1.29, 1.82) is 0 Å². The van der Waals surface area contributed by atoms with Gasteiger partial charge in [-0.3, -0.25) is 9.59 Å². The van der Waals surface area contributed by atoms with Crippen molar-refractivity contribution in [3.8, 4) is 0 Å². The molecule has 1 aromatic carbocycles. The summed E-state index contributed by atoms with van der Waals surface area (Å²) in [5.41, 5.74) is 0.309. The van der Waals surface area contributed by atoms with E-state index in [-0.39, 0.29) is 23.8 Å². The number of halogens is 1. The molecule has 1 atom stereocenters. The van der Waals surface area contributed by atoms with Crippen LogP contribution in [0.5, 0.6) is 0 Å². The third-order valence-electron chi connectivity index (χ3n) is 3.78. The molecule has 6 heteroatoms. The van der Waals surface area contributed by atoms with Gasteiger partial charge in [-0.25, -0.2) is 0 Å². The summed E-state index contributed by atoms with van der Waals surface area (Å²) >= 11 is 5.76. The Labute approximate surface area is 128 Å². The largest absolute Gasteiger partial charge is 0.396 e. The lowest BCUT2D eigenvalue weighted by molar-refractivity contribution is -0.122. The highest BCUT2D eigenvalue weighted by molar-refractivity contribution is 6.30. The zero-order chi connectivity index (χ0) is 15.5. The number of benzene rings is 1. The molecule has 1 unspecified atom stereocenters. The summed E-state index contributed by atoms with van der Waals surface area (Å²) in [6, 6.07) is 5.82. The summed E-state index contributed by atoms with van der Waals surface area (Å²) in [5.74, 6) is -0.574. The summed E-state index contributed by atoms with van der Waals surface area (Å²) in [4.78, 5) is 23.9. The molecule has 1 aromatic rings. The van der Waals surface area contributed by atoms with E-state index in [4.69, 9.17) is 11.6 Å². The van der Waals surface area contributed by atoms with Crippen molar-refractivity contribution in [3.63, 3.8) is 0 Å². The number of rotatable bonds is 6. The van der Waals surface area contributed by atoms with Gasteiger partial charge in [0.15, 0.2) is 0 Å². The fraction of sp³-hybridized carbons (Fsp3) is 0.467. The molecule has 0 bridgehead atoms. The molecule has 21 heavy (non-hydrogen) atoms. The van der Waals surface area contributed by atoms with E-state index in [1.165, 1.54) is 0 Å². The van der Waals surface area contributed by atoms with Gasteiger partial charge in [-0.05, 0) is 44.0 Å². The maximum atomic E-state index is 12.0. The Morgan fingerprint density at radius 2 is 1.95 bits per heavy atom. The van der Waals surface area contributed by atoms with Crippen LogP contribution in [0.25, 0.3) is 0 Å². The fourth-order valence-electron chi connectivity index (χ4n) is 1.94. The molecule has 0 aromatic heterocycles. The summed E-state index contributed by atoms with van der Waals surface area (Å²) in [6.07, 6.45) is 1.85. The minimum atomic E-state index is -0.636. The van der Waals surface area contributed by atoms with Crippen molar-refractivity contribution in [1.82, 2.24) is 10.6 Å². The minimum Gasteiger partial charge on any atom is -0.396 e. The first-order chi connectivity index (χ1) is 9.96.